The second-order valence-electron chi connectivity index (χ2n) is 6.19. The van der Waals surface area contributed by atoms with Gasteiger partial charge in [-0.15, -0.1) is 0 Å². The Morgan fingerprint density at radius 2 is 2.09 bits per heavy atom. The van der Waals surface area contributed by atoms with Crippen molar-refractivity contribution in [2.24, 2.45) is 11.1 Å². The predicted molar refractivity (Wildman–Crippen MR) is 92.7 cm³/mol. The second-order valence-corrected chi connectivity index (χ2v) is 7.04. The van der Waals surface area contributed by atoms with Crippen molar-refractivity contribution in [3.8, 4) is 0 Å². The molecule has 0 aromatic heterocycles. The summed E-state index contributed by atoms with van der Waals surface area (Å²) in [4.78, 5) is 12.5. The maximum Gasteiger partial charge on any atom is 0.224 e. The first-order valence-corrected chi connectivity index (χ1v) is 8.66. The summed E-state index contributed by atoms with van der Waals surface area (Å²) in [5.74, 6) is 0.0443. The number of rotatable bonds is 6. The van der Waals surface area contributed by atoms with Crippen LogP contribution < -0.4 is 11.1 Å². The number of hydrogen-bond acceptors (Lipinski definition) is 3. The van der Waals surface area contributed by atoms with Crippen molar-refractivity contribution in [1.29, 1.82) is 0 Å². The summed E-state index contributed by atoms with van der Waals surface area (Å²) in [6, 6.07) is 5.78. The summed E-state index contributed by atoms with van der Waals surface area (Å²) < 4.78 is 6.16. The molecule has 22 heavy (non-hydrogen) atoms. The molecular formula is C17H25BrN2O2. The molecule has 0 saturated heterocycles. The Morgan fingerprint density at radius 1 is 1.36 bits per heavy atom. The highest BCUT2D eigenvalue weighted by molar-refractivity contribution is 9.10. The third-order valence-corrected chi connectivity index (χ3v) is 5.31. The molecule has 122 valence electrons. The van der Waals surface area contributed by atoms with E-state index in [2.05, 4.69) is 21.2 Å². The van der Waals surface area contributed by atoms with E-state index in [-0.39, 0.29) is 11.3 Å². The Balaban J connectivity index is 2.07. The SMILES string of the molecule is COCc1c(Br)cccc1NC(=O)CC1(CN)CCCCC1. The second kappa shape index (κ2) is 8.09. The lowest BCUT2D eigenvalue weighted by atomic mass is 9.71. The summed E-state index contributed by atoms with van der Waals surface area (Å²) in [6.07, 6.45) is 6.22. The summed E-state index contributed by atoms with van der Waals surface area (Å²) in [5, 5.41) is 3.04. The van der Waals surface area contributed by atoms with E-state index in [1.165, 1.54) is 19.3 Å². The molecule has 1 saturated carbocycles. The molecule has 0 bridgehead atoms. The lowest BCUT2D eigenvalue weighted by molar-refractivity contribution is -0.118. The maximum absolute atomic E-state index is 12.5. The van der Waals surface area contributed by atoms with Crippen LogP contribution in [0.25, 0.3) is 0 Å². The highest BCUT2D eigenvalue weighted by Gasteiger charge is 2.33. The smallest absolute Gasteiger partial charge is 0.224 e. The highest BCUT2D eigenvalue weighted by Crippen LogP contribution is 2.38. The first-order chi connectivity index (χ1) is 10.6. The van der Waals surface area contributed by atoms with Gasteiger partial charge in [0, 0.05) is 29.3 Å². The number of amides is 1. The van der Waals surface area contributed by atoms with Gasteiger partial charge in [0.15, 0.2) is 0 Å². The molecule has 1 aromatic carbocycles. The summed E-state index contributed by atoms with van der Waals surface area (Å²) in [7, 11) is 1.65. The topological polar surface area (TPSA) is 64.3 Å². The van der Waals surface area contributed by atoms with E-state index in [1.54, 1.807) is 7.11 Å². The average Bonchev–Trinajstić information content (AvgIpc) is 2.51. The lowest BCUT2D eigenvalue weighted by Gasteiger charge is -2.35. The molecule has 0 unspecified atom stereocenters. The van der Waals surface area contributed by atoms with Gasteiger partial charge in [-0.2, -0.15) is 0 Å². The van der Waals surface area contributed by atoms with Gasteiger partial charge in [0.2, 0.25) is 5.91 Å². The molecule has 1 aliphatic rings. The minimum Gasteiger partial charge on any atom is -0.380 e. The number of hydrogen-bond donors (Lipinski definition) is 2. The van der Waals surface area contributed by atoms with Crippen molar-refractivity contribution >= 4 is 27.5 Å². The van der Waals surface area contributed by atoms with Gasteiger partial charge >= 0.3 is 0 Å². The van der Waals surface area contributed by atoms with Crippen LogP contribution in [0.15, 0.2) is 22.7 Å². The normalized spacial score (nSPS) is 17.2. The number of nitrogens with two attached hydrogens (primary N) is 1. The first-order valence-electron chi connectivity index (χ1n) is 7.86. The maximum atomic E-state index is 12.5. The monoisotopic (exact) mass is 368 g/mol. The number of benzene rings is 1. The van der Waals surface area contributed by atoms with E-state index in [0.717, 1.165) is 28.6 Å². The lowest BCUT2D eigenvalue weighted by Crippen LogP contribution is -2.36. The zero-order valence-electron chi connectivity index (χ0n) is 13.2. The molecule has 0 heterocycles. The van der Waals surface area contributed by atoms with Gasteiger partial charge in [-0.3, -0.25) is 4.79 Å². The zero-order valence-corrected chi connectivity index (χ0v) is 14.7. The fourth-order valence-electron chi connectivity index (χ4n) is 3.26. The van der Waals surface area contributed by atoms with Gasteiger partial charge in [-0.05, 0) is 36.9 Å². The van der Waals surface area contributed by atoms with Crippen LogP contribution in [-0.4, -0.2) is 19.6 Å². The number of carbonyl (C=O) groups is 1. The largest absolute Gasteiger partial charge is 0.380 e. The van der Waals surface area contributed by atoms with Gasteiger partial charge in [-0.1, -0.05) is 41.3 Å². The standard InChI is InChI=1S/C17H25BrN2O2/c1-22-11-13-14(18)6-5-7-15(13)20-16(21)10-17(12-19)8-3-2-4-9-17/h5-7H,2-4,8-12,19H2,1H3,(H,20,21). The van der Waals surface area contributed by atoms with Crippen LogP contribution in [0.2, 0.25) is 0 Å². The summed E-state index contributed by atoms with van der Waals surface area (Å²) in [5.41, 5.74) is 7.73. The number of carbonyl (C=O) groups excluding carboxylic acids is 1. The molecule has 1 fully saturated rings. The number of ether oxygens (including phenoxy) is 1. The molecule has 0 atom stereocenters. The van der Waals surface area contributed by atoms with Crippen LogP contribution in [0.3, 0.4) is 0 Å². The Labute approximate surface area is 140 Å². The van der Waals surface area contributed by atoms with Crippen LogP contribution in [0, 0.1) is 5.41 Å². The van der Waals surface area contributed by atoms with Crippen molar-refractivity contribution in [3.63, 3.8) is 0 Å². The van der Waals surface area contributed by atoms with Gasteiger partial charge < -0.3 is 15.8 Å². The van der Waals surface area contributed by atoms with Crippen LogP contribution in [0.5, 0.6) is 0 Å². The van der Waals surface area contributed by atoms with E-state index in [4.69, 9.17) is 10.5 Å². The Hall–Kier alpha value is -0.910. The number of halogens is 1. The van der Waals surface area contributed by atoms with E-state index >= 15 is 0 Å². The molecule has 2 rings (SSSR count). The Bertz CT molecular complexity index is 513. The minimum atomic E-state index is -0.0181. The fourth-order valence-corrected chi connectivity index (χ4v) is 3.74. The molecule has 0 spiro atoms. The van der Waals surface area contributed by atoms with Gasteiger partial charge in [0.1, 0.15) is 0 Å². The molecule has 1 aliphatic carbocycles. The van der Waals surface area contributed by atoms with E-state index in [0.29, 0.717) is 19.6 Å². The quantitative estimate of drug-likeness (QED) is 0.801. The fraction of sp³-hybridized carbons (Fsp3) is 0.588. The molecule has 0 radical (unpaired) electrons. The van der Waals surface area contributed by atoms with Crippen molar-refractivity contribution in [3.05, 3.63) is 28.2 Å². The van der Waals surface area contributed by atoms with Gasteiger partial charge in [-0.25, -0.2) is 0 Å². The van der Waals surface area contributed by atoms with E-state index < -0.39 is 0 Å². The van der Waals surface area contributed by atoms with Crippen molar-refractivity contribution < 1.29 is 9.53 Å². The molecule has 1 aromatic rings. The minimum absolute atomic E-state index is 0.0181. The van der Waals surface area contributed by atoms with Crippen molar-refractivity contribution in [2.75, 3.05) is 19.0 Å². The third kappa shape index (κ3) is 4.31. The van der Waals surface area contributed by atoms with Gasteiger partial charge in [0.25, 0.3) is 0 Å². The van der Waals surface area contributed by atoms with Crippen LogP contribution in [-0.2, 0) is 16.1 Å². The zero-order chi connectivity index (χ0) is 16.0. The molecular weight excluding hydrogens is 344 g/mol. The molecule has 0 aliphatic heterocycles. The van der Waals surface area contributed by atoms with E-state index in [1.807, 2.05) is 18.2 Å². The van der Waals surface area contributed by atoms with Crippen molar-refractivity contribution in [1.82, 2.24) is 0 Å². The van der Waals surface area contributed by atoms with Gasteiger partial charge in [0.05, 0.1) is 6.61 Å². The summed E-state index contributed by atoms with van der Waals surface area (Å²) in [6.45, 7) is 1.04. The van der Waals surface area contributed by atoms with Crippen LogP contribution in [0.1, 0.15) is 44.1 Å². The molecule has 4 nitrogen and oxygen atoms in total. The Kier molecular flexibility index (Phi) is 6.41. The molecule has 3 N–H and O–H groups in total. The number of methoxy groups -OCH3 is 1. The first kappa shape index (κ1) is 17.4. The number of nitrogens with one attached hydrogen (secondary N) is 1. The number of anilines is 1. The third-order valence-electron chi connectivity index (χ3n) is 4.56. The average molecular weight is 369 g/mol. The summed E-state index contributed by atoms with van der Waals surface area (Å²) >= 11 is 3.51. The van der Waals surface area contributed by atoms with Crippen LogP contribution in [0.4, 0.5) is 5.69 Å². The van der Waals surface area contributed by atoms with Crippen LogP contribution >= 0.6 is 15.9 Å². The van der Waals surface area contributed by atoms with Crippen molar-refractivity contribution in [2.45, 2.75) is 45.1 Å². The Morgan fingerprint density at radius 3 is 2.73 bits per heavy atom. The predicted octanol–water partition coefficient (Wildman–Crippen LogP) is 3.83. The molecule has 5 heteroatoms. The highest BCUT2D eigenvalue weighted by atomic mass is 79.9. The van der Waals surface area contributed by atoms with E-state index in [9.17, 15) is 4.79 Å². The molecule has 1 amide bonds.